The maximum Gasteiger partial charge on any atom is 0.240 e. The number of halogens is 1. The van der Waals surface area contributed by atoms with Gasteiger partial charge in [-0.3, -0.25) is 0 Å². The van der Waals surface area contributed by atoms with Crippen molar-refractivity contribution >= 4 is 19.7 Å². The molecule has 2 N–H and O–H groups in total. The minimum absolute atomic E-state index is 0.0335. The largest absolute Gasteiger partial charge is 0.338 e. The van der Waals surface area contributed by atoms with Crippen LogP contribution in [0.25, 0.3) is 11.4 Å². The molecule has 2 rings (SSSR count). The molecule has 2 aromatic rings. The van der Waals surface area contributed by atoms with Crippen LogP contribution in [-0.2, 0) is 26.2 Å². The van der Waals surface area contributed by atoms with E-state index < -0.39 is 35.3 Å². The van der Waals surface area contributed by atoms with Crippen LogP contribution >= 0.6 is 0 Å². The highest BCUT2D eigenvalue weighted by Crippen LogP contribution is 2.29. The molecule has 0 fully saturated rings. The normalized spacial score (nSPS) is 12.5. The summed E-state index contributed by atoms with van der Waals surface area (Å²) in [7, 11) is -8.08. The monoisotopic (exact) mass is 349 g/mol. The third-order valence-corrected chi connectivity index (χ3v) is 5.09. The predicted molar refractivity (Wildman–Crippen MR) is 73.8 cm³/mol. The third-order valence-electron chi connectivity index (χ3n) is 2.68. The van der Waals surface area contributed by atoms with Crippen molar-refractivity contribution < 1.29 is 25.7 Å². The van der Waals surface area contributed by atoms with Gasteiger partial charge in [-0.2, -0.15) is 4.98 Å². The first-order chi connectivity index (χ1) is 10.0. The molecule has 120 valence electrons. The molecule has 0 saturated heterocycles. The Bertz CT molecular complexity index is 935. The Morgan fingerprint density at radius 2 is 1.82 bits per heavy atom. The molecular formula is C11H12FN3O5S2. The van der Waals surface area contributed by atoms with Crippen molar-refractivity contribution in [2.24, 2.45) is 5.73 Å². The van der Waals surface area contributed by atoms with Gasteiger partial charge in [0.2, 0.25) is 11.7 Å². The van der Waals surface area contributed by atoms with Gasteiger partial charge in [0, 0.05) is 18.1 Å². The van der Waals surface area contributed by atoms with Gasteiger partial charge in [0.25, 0.3) is 0 Å². The van der Waals surface area contributed by atoms with Crippen LogP contribution in [0, 0.1) is 5.82 Å². The Hall–Kier alpha value is -1.85. The fraction of sp³-hybridized carbons (Fsp3) is 0.273. The third kappa shape index (κ3) is 3.15. The molecule has 0 radical (unpaired) electrons. The van der Waals surface area contributed by atoms with Crippen LogP contribution in [0.4, 0.5) is 4.39 Å². The van der Waals surface area contributed by atoms with Crippen molar-refractivity contribution in [2.75, 3.05) is 12.5 Å². The Kier molecular flexibility index (Phi) is 4.06. The van der Waals surface area contributed by atoms with Gasteiger partial charge in [-0.15, -0.1) is 0 Å². The smallest absolute Gasteiger partial charge is 0.240 e. The maximum absolute atomic E-state index is 14.2. The lowest BCUT2D eigenvalue weighted by atomic mass is 10.2. The predicted octanol–water partition coefficient (Wildman–Crippen LogP) is 0.141. The summed E-state index contributed by atoms with van der Waals surface area (Å²) in [4.78, 5) is 2.29. The summed E-state index contributed by atoms with van der Waals surface area (Å²) in [5, 5.41) is 3.54. The van der Waals surface area contributed by atoms with Crippen LogP contribution in [0.5, 0.6) is 0 Å². The zero-order valence-corrected chi connectivity index (χ0v) is 13.2. The van der Waals surface area contributed by atoms with Gasteiger partial charge in [0.1, 0.15) is 10.7 Å². The van der Waals surface area contributed by atoms with E-state index in [1.165, 1.54) is 0 Å². The minimum atomic E-state index is -4.08. The second kappa shape index (κ2) is 5.41. The van der Waals surface area contributed by atoms with Gasteiger partial charge in [-0.05, 0) is 12.1 Å². The Labute approximate surface area is 126 Å². The van der Waals surface area contributed by atoms with E-state index in [4.69, 9.17) is 10.3 Å². The molecule has 0 aliphatic rings. The number of aromatic nitrogens is 2. The number of nitrogens with two attached hydrogens (primary N) is 1. The average molecular weight is 349 g/mol. The molecule has 0 aliphatic carbocycles. The number of benzene rings is 1. The van der Waals surface area contributed by atoms with Crippen LogP contribution in [0.1, 0.15) is 5.89 Å². The standard InChI is InChI=1S/C11H12FN3O5S2/c1-21(16,17)8-4-6(11-14-9(5-13)20-15-11)3-7(12)10(8)22(2,18)19/h3-4H,5,13H2,1-2H3. The zero-order chi connectivity index (χ0) is 16.7. The molecule has 22 heavy (non-hydrogen) atoms. The zero-order valence-electron chi connectivity index (χ0n) is 11.6. The molecule has 0 spiro atoms. The Morgan fingerprint density at radius 3 is 2.27 bits per heavy atom. The SMILES string of the molecule is CS(=O)(=O)c1cc(-c2noc(CN)n2)cc(F)c1S(C)(=O)=O. The minimum Gasteiger partial charge on any atom is -0.338 e. The Morgan fingerprint density at radius 1 is 1.18 bits per heavy atom. The fourth-order valence-corrected chi connectivity index (χ4v) is 4.31. The number of rotatable bonds is 4. The fourth-order valence-electron chi connectivity index (χ4n) is 1.79. The van der Waals surface area contributed by atoms with Crippen LogP contribution < -0.4 is 5.73 Å². The second-order valence-corrected chi connectivity index (χ2v) is 8.48. The summed E-state index contributed by atoms with van der Waals surface area (Å²) in [5.41, 5.74) is 5.27. The summed E-state index contributed by atoms with van der Waals surface area (Å²) in [6.07, 6.45) is 1.50. The van der Waals surface area contributed by atoms with Gasteiger partial charge >= 0.3 is 0 Å². The topological polar surface area (TPSA) is 133 Å². The highest BCUT2D eigenvalue weighted by molar-refractivity contribution is 7.93. The first kappa shape index (κ1) is 16.5. The van der Waals surface area contributed by atoms with E-state index in [2.05, 4.69) is 10.1 Å². The van der Waals surface area contributed by atoms with Crippen LogP contribution in [0.3, 0.4) is 0 Å². The highest BCUT2D eigenvalue weighted by atomic mass is 32.2. The molecule has 8 nitrogen and oxygen atoms in total. The van der Waals surface area contributed by atoms with E-state index in [0.29, 0.717) is 0 Å². The van der Waals surface area contributed by atoms with Gasteiger partial charge in [0.05, 0.1) is 11.4 Å². The van der Waals surface area contributed by atoms with Gasteiger partial charge in [-0.1, -0.05) is 5.16 Å². The number of sulfone groups is 2. The molecule has 0 bridgehead atoms. The summed E-state index contributed by atoms with van der Waals surface area (Å²) in [6, 6.07) is 1.82. The lowest BCUT2D eigenvalue weighted by molar-refractivity contribution is 0.380. The van der Waals surface area contributed by atoms with Crippen LogP contribution in [0.15, 0.2) is 26.4 Å². The molecular weight excluding hydrogens is 337 g/mol. The van der Waals surface area contributed by atoms with Gasteiger partial charge in [0.15, 0.2) is 19.7 Å². The summed E-state index contributed by atoms with van der Waals surface area (Å²) in [5.74, 6) is -1.23. The Balaban J connectivity index is 2.79. The van der Waals surface area contributed by atoms with Gasteiger partial charge < -0.3 is 10.3 Å². The maximum atomic E-state index is 14.2. The van der Waals surface area contributed by atoms with E-state index in [0.717, 1.165) is 24.6 Å². The molecule has 0 aliphatic heterocycles. The van der Waals surface area contributed by atoms with E-state index in [1.807, 2.05) is 0 Å². The van der Waals surface area contributed by atoms with Crippen molar-refractivity contribution in [1.29, 1.82) is 0 Å². The summed E-state index contributed by atoms with van der Waals surface area (Å²) < 4.78 is 65.8. The van der Waals surface area contributed by atoms with Crippen molar-refractivity contribution in [3.63, 3.8) is 0 Å². The average Bonchev–Trinajstić information content (AvgIpc) is 2.83. The number of nitrogens with zero attached hydrogens (tertiary/aromatic N) is 2. The molecule has 0 unspecified atom stereocenters. The second-order valence-electron chi connectivity index (χ2n) is 4.55. The number of hydrogen-bond donors (Lipinski definition) is 1. The van der Waals surface area contributed by atoms with Crippen molar-refractivity contribution in [3.05, 3.63) is 23.8 Å². The van der Waals surface area contributed by atoms with Gasteiger partial charge in [-0.25, -0.2) is 21.2 Å². The molecule has 1 aromatic heterocycles. The number of hydrogen-bond acceptors (Lipinski definition) is 8. The van der Waals surface area contributed by atoms with E-state index in [-0.39, 0.29) is 23.8 Å². The lowest BCUT2D eigenvalue weighted by Crippen LogP contribution is -2.10. The van der Waals surface area contributed by atoms with E-state index in [1.54, 1.807) is 0 Å². The van der Waals surface area contributed by atoms with E-state index >= 15 is 0 Å². The highest BCUT2D eigenvalue weighted by Gasteiger charge is 2.27. The first-order valence-corrected chi connectivity index (χ1v) is 9.59. The summed E-state index contributed by atoms with van der Waals surface area (Å²) >= 11 is 0. The van der Waals surface area contributed by atoms with Crippen LogP contribution in [-0.4, -0.2) is 39.5 Å². The molecule has 1 heterocycles. The van der Waals surface area contributed by atoms with Crippen LogP contribution in [0.2, 0.25) is 0 Å². The molecule has 0 atom stereocenters. The lowest BCUT2D eigenvalue weighted by Gasteiger charge is -2.09. The van der Waals surface area contributed by atoms with Crippen molar-refractivity contribution in [3.8, 4) is 11.4 Å². The van der Waals surface area contributed by atoms with Crippen molar-refractivity contribution in [2.45, 2.75) is 16.3 Å². The van der Waals surface area contributed by atoms with E-state index in [9.17, 15) is 21.2 Å². The molecule has 0 saturated carbocycles. The molecule has 11 heteroatoms. The first-order valence-electron chi connectivity index (χ1n) is 5.80. The summed E-state index contributed by atoms with van der Waals surface area (Å²) in [6.45, 7) is -0.0458. The molecule has 1 aromatic carbocycles. The quantitative estimate of drug-likeness (QED) is 0.824. The molecule has 0 amide bonds. The van der Waals surface area contributed by atoms with Crippen molar-refractivity contribution in [1.82, 2.24) is 10.1 Å².